The molecule has 0 unspecified atom stereocenters. The van der Waals surface area contributed by atoms with E-state index in [1.54, 1.807) is 30.4 Å². The lowest BCUT2D eigenvalue weighted by Crippen LogP contribution is -2.37. The van der Waals surface area contributed by atoms with Crippen LogP contribution >= 0.6 is 23.2 Å². The second-order valence-corrected chi connectivity index (χ2v) is 6.25. The van der Waals surface area contributed by atoms with Crippen molar-refractivity contribution >= 4 is 35.2 Å². The third-order valence-corrected chi connectivity index (χ3v) is 4.24. The molecule has 114 valence electrons. The molecular formula is C16H20Cl2N2O. The molecular weight excluding hydrogens is 307 g/mol. The maximum absolute atomic E-state index is 12.2. The number of carbonyl (C=O) groups is 1. The predicted molar refractivity (Wildman–Crippen MR) is 88.5 cm³/mol. The highest BCUT2D eigenvalue weighted by atomic mass is 35.5. The second kappa shape index (κ2) is 7.83. The van der Waals surface area contributed by atoms with Gasteiger partial charge >= 0.3 is 0 Å². The Morgan fingerprint density at radius 1 is 1.24 bits per heavy atom. The van der Waals surface area contributed by atoms with Crippen LogP contribution in [0.15, 0.2) is 24.3 Å². The highest BCUT2D eigenvalue weighted by Gasteiger charge is 2.20. The van der Waals surface area contributed by atoms with E-state index in [2.05, 4.69) is 0 Å². The third kappa shape index (κ3) is 5.03. The Balaban J connectivity index is 1.91. The Bertz CT molecular complexity index is 503. The molecule has 3 nitrogen and oxygen atoms in total. The fourth-order valence-corrected chi connectivity index (χ4v) is 3.16. The summed E-state index contributed by atoms with van der Waals surface area (Å²) in [7, 11) is 0. The fourth-order valence-electron chi connectivity index (χ4n) is 2.62. The molecule has 21 heavy (non-hydrogen) atoms. The molecule has 1 amide bonds. The Morgan fingerprint density at radius 2 is 1.86 bits per heavy atom. The van der Waals surface area contributed by atoms with E-state index in [9.17, 15) is 4.79 Å². The molecule has 1 aromatic rings. The molecule has 1 fully saturated rings. The number of benzene rings is 1. The minimum Gasteiger partial charge on any atom is -0.339 e. The minimum absolute atomic E-state index is 0.0392. The van der Waals surface area contributed by atoms with Gasteiger partial charge in [-0.1, -0.05) is 23.2 Å². The van der Waals surface area contributed by atoms with Crippen LogP contribution in [0.5, 0.6) is 0 Å². The molecule has 0 saturated carbocycles. The Kier molecular flexibility index (Phi) is 6.09. The highest BCUT2D eigenvalue weighted by molar-refractivity contribution is 6.34. The van der Waals surface area contributed by atoms with Crippen molar-refractivity contribution in [3.8, 4) is 0 Å². The Morgan fingerprint density at radius 3 is 2.43 bits per heavy atom. The molecule has 0 radical (unpaired) electrons. The lowest BCUT2D eigenvalue weighted by atomic mass is 9.93. The van der Waals surface area contributed by atoms with Gasteiger partial charge in [-0.15, -0.1) is 0 Å². The minimum atomic E-state index is 0.0392. The van der Waals surface area contributed by atoms with E-state index in [1.165, 1.54) is 0 Å². The largest absolute Gasteiger partial charge is 0.339 e. The summed E-state index contributed by atoms with van der Waals surface area (Å²) in [5, 5.41) is 1.13. The van der Waals surface area contributed by atoms with Gasteiger partial charge in [-0.05, 0) is 61.6 Å². The number of nitrogens with zero attached hydrogens (tertiary/aromatic N) is 1. The summed E-state index contributed by atoms with van der Waals surface area (Å²) in [5.74, 6) is 0.701. The van der Waals surface area contributed by atoms with Gasteiger partial charge in [0.25, 0.3) is 0 Å². The molecule has 1 heterocycles. The number of piperidine rings is 1. The van der Waals surface area contributed by atoms with Gasteiger partial charge in [-0.25, -0.2) is 0 Å². The number of amides is 1. The van der Waals surface area contributed by atoms with Crippen LogP contribution in [0.1, 0.15) is 24.8 Å². The van der Waals surface area contributed by atoms with Crippen LogP contribution < -0.4 is 5.73 Å². The van der Waals surface area contributed by atoms with E-state index in [-0.39, 0.29) is 5.91 Å². The molecule has 1 saturated heterocycles. The van der Waals surface area contributed by atoms with Crippen LogP contribution in [-0.4, -0.2) is 30.4 Å². The van der Waals surface area contributed by atoms with Gasteiger partial charge in [-0.2, -0.15) is 0 Å². The van der Waals surface area contributed by atoms with Crippen molar-refractivity contribution in [2.24, 2.45) is 11.7 Å². The maximum Gasteiger partial charge on any atom is 0.246 e. The zero-order valence-corrected chi connectivity index (χ0v) is 13.4. The van der Waals surface area contributed by atoms with Gasteiger partial charge in [0.1, 0.15) is 0 Å². The van der Waals surface area contributed by atoms with E-state index >= 15 is 0 Å². The number of carbonyl (C=O) groups excluding carboxylic acids is 1. The van der Waals surface area contributed by atoms with Crippen LogP contribution in [0.4, 0.5) is 0 Å². The fraction of sp³-hybridized carbons (Fsp3) is 0.438. The van der Waals surface area contributed by atoms with Crippen LogP contribution in [-0.2, 0) is 4.79 Å². The van der Waals surface area contributed by atoms with E-state index in [0.717, 1.165) is 44.5 Å². The first-order valence-electron chi connectivity index (χ1n) is 7.21. The lowest BCUT2D eigenvalue weighted by molar-refractivity contribution is -0.127. The van der Waals surface area contributed by atoms with Crippen LogP contribution in [0.3, 0.4) is 0 Å². The number of hydrogen-bond acceptors (Lipinski definition) is 2. The zero-order valence-electron chi connectivity index (χ0n) is 11.9. The first kappa shape index (κ1) is 16.3. The normalized spacial score (nSPS) is 16.6. The van der Waals surface area contributed by atoms with Gasteiger partial charge in [-0.3, -0.25) is 4.79 Å². The summed E-state index contributed by atoms with van der Waals surface area (Å²) >= 11 is 11.9. The molecule has 2 rings (SSSR count). The van der Waals surface area contributed by atoms with Crippen molar-refractivity contribution in [3.63, 3.8) is 0 Å². The number of nitrogens with two attached hydrogens (primary N) is 1. The molecule has 1 aliphatic heterocycles. The quantitative estimate of drug-likeness (QED) is 0.859. The number of rotatable bonds is 4. The van der Waals surface area contributed by atoms with Crippen molar-refractivity contribution in [2.45, 2.75) is 19.3 Å². The van der Waals surface area contributed by atoms with E-state index in [1.807, 2.05) is 4.90 Å². The molecule has 2 N–H and O–H groups in total. The summed E-state index contributed by atoms with van der Waals surface area (Å²) in [6, 6.07) is 5.24. The topological polar surface area (TPSA) is 46.3 Å². The summed E-state index contributed by atoms with van der Waals surface area (Å²) < 4.78 is 0. The molecule has 1 aromatic carbocycles. The van der Waals surface area contributed by atoms with Gasteiger partial charge in [0.15, 0.2) is 0 Å². The Labute approximate surface area is 135 Å². The zero-order chi connectivity index (χ0) is 15.2. The number of hydrogen-bond donors (Lipinski definition) is 1. The Hall–Kier alpha value is -1.03. The number of likely N-dealkylation sites (tertiary alicyclic amines) is 1. The highest BCUT2D eigenvalue weighted by Crippen LogP contribution is 2.21. The van der Waals surface area contributed by atoms with Gasteiger partial charge in [0.05, 0.1) is 0 Å². The van der Waals surface area contributed by atoms with E-state index in [0.29, 0.717) is 16.0 Å². The standard InChI is InChI=1S/C16H20Cl2N2O/c17-14-9-13(10-15(18)11-14)1-2-16(21)20-7-4-12(3-6-19)5-8-20/h1-2,9-12H,3-8,19H2. The summed E-state index contributed by atoms with van der Waals surface area (Å²) in [6.07, 6.45) is 6.48. The first-order chi connectivity index (χ1) is 10.1. The predicted octanol–water partition coefficient (Wildman–Crippen LogP) is 3.59. The van der Waals surface area contributed by atoms with Crippen molar-refractivity contribution in [1.82, 2.24) is 4.90 Å². The summed E-state index contributed by atoms with van der Waals surface area (Å²) in [4.78, 5) is 14.0. The first-order valence-corrected chi connectivity index (χ1v) is 7.97. The average Bonchev–Trinajstić information content (AvgIpc) is 2.45. The molecule has 0 spiro atoms. The number of halogens is 2. The van der Waals surface area contributed by atoms with E-state index < -0.39 is 0 Å². The SMILES string of the molecule is NCCC1CCN(C(=O)C=Cc2cc(Cl)cc(Cl)c2)CC1. The summed E-state index contributed by atoms with van der Waals surface area (Å²) in [5.41, 5.74) is 6.41. The van der Waals surface area contributed by atoms with Gasteiger partial charge in [0, 0.05) is 29.2 Å². The average molecular weight is 327 g/mol. The van der Waals surface area contributed by atoms with Crippen LogP contribution in [0, 0.1) is 5.92 Å². The molecule has 0 bridgehead atoms. The third-order valence-electron chi connectivity index (χ3n) is 3.80. The summed E-state index contributed by atoms with van der Waals surface area (Å²) in [6.45, 7) is 2.35. The molecule has 1 aliphatic rings. The lowest BCUT2D eigenvalue weighted by Gasteiger charge is -2.31. The maximum atomic E-state index is 12.2. The smallest absolute Gasteiger partial charge is 0.246 e. The molecule has 5 heteroatoms. The molecule has 0 atom stereocenters. The van der Waals surface area contributed by atoms with Crippen molar-refractivity contribution in [3.05, 3.63) is 39.9 Å². The van der Waals surface area contributed by atoms with Crippen molar-refractivity contribution < 1.29 is 4.79 Å². The van der Waals surface area contributed by atoms with Crippen LogP contribution in [0.2, 0.25) is 10.0 Å². The van der Waals surface area contributed by atoms with E-state index in [4.69, 9.17) is 28.9 Å². The monoisotopic (exact) mass is 326 g/mol. The molecule has 0 aromatic heterocycles. The van der Waals surface area contributed by atoms with Crippen molar-refractivity contribution in [2.75, 3.05) is 19.6 Å². The van der Waals surface area contributed by atoms with Gasteiger partial charge in [0.2, 0.25) is 5.91 Å². The van der Waals surface area contributed by atoms with Gasteiger partial charge < -0.3 is 10.6 Å². The van der Waals surface area contributed by atoms with Crippen molar-refractivity contribution in [1.29, 1.82) is 0 Å². The molecule has 0 aliphatic carbocycles. The van der Waals surface area contributed by atoms with Crippen LogP contribution in [0.25, 0.3) is 6.08 Å². The second-order valence-electron chi connectivity index (χ2n) is 5.38.